The number of nitrogens with two attached hydrogens (primary N) is 1. The maximum absolute atomic E-state index is 6.35. The van der Waals surface area contributed by atoms with E-state index in [0.717, 1.165) is 16.9 Å². The highest BCUT2D eigenvalue weighted by molar-refractivity contribution is 6.30. The molecule has 3 heteroatoms. The molecule has 0 aromatic heterocycles. The zero-order valence-electron chi connectivity index (χ0n) is 12.1. The molecule has 0 bridgehead atoms. The highest BCUT2D eigenvalue weighted by Crippen LogP contribution is 2.31. The Morgan fingerprint density at radius 2 is 1.60 bits per heavy atom. The summed E-state index contributed by atoms with van der Waals surface area (Å²) in [6.45, 7) is 4.35. The molecule has 0 heterocycles. The summed E-state index contributed by atoms with van der Waals surface area (Å²) in [4.78, 5) is 0. The Balaban J connectivity index is 2.35. The fraction of sp³-hybridized carbons (Fsp3) is 0.294. The zero-order chi connectivity index (χ0) is 14.7. The van der Waals surface area contributed by atoms with Gasteiger partial charge in [0.25, 0.3) is 0 Å². The SMILES string of the molecule is COc1ccc(Cl)cc1C(N)c1ccc(C(C)C)cc1. The largest absolute Gasteiger partial charge is 0.496 e. The Morgan fingerprint density at radius 1 is 1.00 bits per heavy atom. The van der Waals surface area contributed by atoms with Crippen molar-refractivity contribution in [3.05, 3.63) is 64.2 Å². The summed E-state index contributed by atoms with van der Waals surface area (Å²) in [7, 11) is 1.64. The van der Waals surface area contributed by atoms with Crippen LogP contribution in [-0.2, 0) is 0 Å². The van der Waals surface area contributed by atoms with E-state index in [1.807, 2.05) is 12.1 Å². The minimum atomic E-state index is -0.245. The first-order valence-electron chi connectivity index (χ1n) is 6.71. The molecule has 0 fully saturated rings. The van der Waals surface area contributed by atoms with Crippen molar-refractivity contribution in [2.24, 2.45) is 5.73 Å². The van der Waals surface area contributed by atoms with Crippen LogP contribution in [0.2, 0.25) is 5.02 Å². The summed E-state index contributed by atoms with van der Waals surface area (Å²) in [5.74, 6) is 1.27. The summed E-state index contributed by atoms with van der Waals surface area (Å²) >= 11 is 6.06. The monoisotopic (exact) mass is 289 g/mol. The van der Waals surface area contributed by atoms with E-state index in [1.54, 1.807) is 13.2 Å². The number of ether oxygens (including phenoxy) is 1. The highest BCUT2D eigenvalue weighted by atomic mass is 35.5. The van der Waals surface area contributed by atoms with E-state index in [2.05, 4.69) is 38.1 Å². The van der Waals surface area contributed by atoms with Gasteiger partial charge in [0.05, 0.1) is 13.2 Å². The van der Waals surface area contributed by atoms with Crippen molar-refractivity contribution in [2.75, 3.05) is 7.11 Å². The predicted octanol–water partition coefficient (Wildman–Crippen LogP) is 4.52. The van der Waals surface area contributed by atoms with Gasteiger partial charge in [-0.25, -0.2) is 0 Å². The quantitative estimate of drug-likeness (QED) is 0.898. The Kier molecular flexibility index (Phi) is 4.69. The first-order valence-corrected chi connectivity index (χ1v) is 7.09. The third kappa shape index (κ3) is 3.14. The van der Waals surface area contributed by atoms with Crippen molar-refractivity contribution in [3.63, 3.8) is 0 Å². The predicted molar refractivity (Wildman–Crippen MR) is 84.6 cm³/mol. The molecule has 0 saturated carbocycles. The lowest BCUT2D eigenvalue weighted by Crippen LogP contribution is -2.13. The van der Waals surface area contributed by atoms with Crippen LogP contribution in [0.15, 0.2) is 42.5 Å². The molecule has 2 rings (SSSR count). The van der Waals surface area contributed by atoms with Gasteiger partial charge in [-0.15, -0.1) is 0 Å². The van der Waals surface area contributed by atoms with E-state index >= 15 is 0 Å². The van der Waals surface area contributed by atoms with Gasteiger partial charge >= 0.3 is 0 Å². The summed E-state index contributed by atoms with van der Waals surface area (Å²) < 4.78 is 5.37. The molecule has 20 heavy (non-hydrogen) atoms. The zero-order valence-corrected chi connectivity index (χ0v) is 12.8. The molecule has 2 aromatic rings. The molecular formula is C17H20ClNO. The third-order valence-corrected chi connectivity index (χ3v) is 3.72. The van der Waals surface area contributed by atoms with Crippen LogP contribution < -0.4 is 10.5 Å². The van der Waals surface area contributed by atoms with Gasteiger partial charge in [0, 0.05) is 10.6 Å². The van der Waals surface area contributed by atoms with Crippen molar-refractivity contribution >= 4 is 11.6 Å². The number of hydrogen-bond acceptors (Lipinski definition) is 2. The lowest BCUT2D eigenvalue weighted by molar-refractivity contribution is 0.408. The van der Waals surface area contributed by atoms with Crippen LogP contribution in [0.25, 0.3) is 0 Å². The van der Waals surface area contributed by atoms with Gasteiger partial charge in [0.1, 0.15) is 5.75 Å². The molecule has 106 valence electrons. The average Bonchev–Trinajstić information content (AvgIpc) is 2.46. The molecule has 0 spiro atoms. The number of hydrogen-bond donors (Lipinski definition) is 1. The molecule has 1 unspecified atom stereocenters. The van der Waals surface area contributed by atoms with Gasteiger partial charge in [-0.2, -0.15) is 0 Å². The lowest BCUT2D eigenvalue weighted by Gasteiger charge is -2.17. The topological polar surface area (TPSA) is 35.2 Å². The number of halogens is 1. The molecule has 0 radical (unpaired) electrons. The van der Waals surface area contributed by atoms with Crippen LogP contribution in [0.3, 0.4) is 0 Å². The van der Waals surface area contributed by atoms with E-state index < -0.39 is 0 Å². The standard InChI is InChI=1S/C17H20ClNO/c1-11(2)12-4-6-13(7-5-12)17(19)15-10-14(18)8-9-16(15)20-3/h4-11,17H,19H2,1-3H3. The molecule has 0 amide bonds. The average molecular weight is 290 g/mol. The fourth-order valence-electron chi connectivity index (χ4n) is 2.22. The Hall–Kier alpha value is -1.51. The summed E-state index contributed by atoms with van der Waals surface area (Å²) in [6.07, 6.45) is 0. The first kappa shape index (κ1) is 14.9. The van der Waals surface area contributed by atoms with Gasteiger partial charge in [-0.05, 0) is 35.2 Å². The summed E-state index contributed by atoms with van der Waals surface area (Å²) in [6, 6.07) is 13.7. The summed E-state index contributed by atoms with van der Waals surface area (Å²) in [5, 5.41) is 0.662. The van der Waals surface area contributed by atoms with Crippen LogP contribution in [0.5, 0.6) is 5.75 Å². The van der Waals surface area contributed by atoms with Gasteiger partial charge in [0.2, 0.25) is 0 Å². The second kappa shape index (κ2) is 6.29. The Bertz CT molecular complexity index is 578. The summed E-state index contributed by atoms with van der Waals surface area (Å²) in [5.41, 5.74) is 9.60. The molecule has 0 aliphatic rings. The van der Waals surface area contributed by atoms with Gasteiger partial charge in [0.15, 0.2) is 0 Å². The molecule has 2 nitrogen and oxygen atoms in total. The van der Waals surface area contributed by atoms with E-state index in [9.17, 15) is 0 Å². The molecule has 0 aliphatic carbocycles. The van der Waals surface area contributed by atoms with Crippen LogP contribution >= 0.6 is 11.6 Å². The van der Waals surface area contributed by atoms with Crippen molar-refractivity contribution < 1.29 is 4.74 Å². The van der Waals surface area contributed by atoms with Gasteiger partial charge < -0.3 is 10.5 Å². The smallest absolute Gasteiger partial charge is 0.124 e. The van der Waals surface area contributed by atoms with Crippen LogP contribution in [0.1, 0.15) is 42.5 Å². The van der Waals surface area contributed by atoms with Crippen LogP contribution in [-0.4, -0.2) is 7.11 Å². The molecule has 1 atom stereocenters. The van der Waals surface area contributed by atoms with Crippen molar-refractivity contribution in [1.82, 2.24) is 0 Å². The van der Waals surface area contributed by atoms with Gasteiger partial charge in [-0.3, -0.25) is 0 Å². The molecular weight excluding hydrogens is 270 g/mol. The maximum Gasteiger partial charge on any atom is 0.124 e. The normalized spacial score (nSPS) is 12.5. The molecule has 0 saturated heterocycles. The third-order valence-electron chi connectivity index (χ3n) is 3.49. The number of rotatable bonds is 4. The first-order chi connectivity index (χ1) is 9.52. The molecule has 2 aromatic carbocycles. The minimum absolute atomic E-state index is 0.245. The van der Waals surface area contributed by atoms with Crippen LogP contribution in [0, 0.1) is 0 Å². The number of benzene rings is 2. The second-order valence-electron chi connectivity index (χ2n) is 5.19. The fourth-order valence-corrected chi connectivity index (χ4v) is 2.40. The molecule has 2 N–H and O–H groups in total. The van der Waals surface area contributed by atoms with Crippen molar-refractivity contribution in [3.8, 4) is 5.75 Å². The maximum atomic E-state index is 6.35. The lowest BCUT2D eigenvalue weighted by atomic mass is 9.95. The molecule has 0 aliphatic heterocycles. The van der Waals surface area contributed by atoms with E-state index in [1.165, 1.54) is 5.56 Å². The van der Waals surface area contributed by atoms with E-state index in [4.69, 9.17) is 22.1 Å². The minimum Gasteiger partial charge on any atom is -0.496 e. The second-order valence-corrected chi connectivity index (χ2v) is 5.62. The van der Waals surface area contributed by atoms with Crippen LogP contribution in [0.4, 0.5) is 0 Å². The van der Waals surface area contributed by atoms with E-state index in [-0.39, 0.29) is 6.04 Å². The number of methoxy groups -OCH3 is 1. The Labute approximate surface area is 125 Å². The van der Waals surface area contributed by atoms with E-state index in [0.29, 0.717) is 10.9 Å². The van der Waals surface area contributed by atoms with Crippen molar-refractivity contribution in [2.45, 2.75) is 25.8 Å². The Morgan fingerprint density at radius 3 is 2.15 bits per heavy atom. The van der Waals surface area contributed by atoms with Gasteiger partial charge in [-0.1, -0.05) is 49.7 Å². The highest BCUT2D eigenvalue weighted by Gasteiger charge is 2.15. The van der Waals surface area contributed by atoms with Crippen molar-refractivity contribution in [1.29, 1.82) is 0 Å².